The molecule has 0 fully saturated rings. The van der Waals surface area contributed by atoms with Gasteiger partial charge < -0.3 is 10.4 Å². The second-order valence-electron chi connectivity index (χ2n) is 6.06. The molecule has 0 radical (unpaired) electrons. The molecular weight excluding hydrogens is 312 g/mol. The van der Waals surface area contributed by atoms with E-state index >= 15 is 0 Å². The van der Waals surface area contributed by atoms with E-state index in [1.165, 1.54) is 6.92 Å². The number of hydrogen-bond acceptors (Lipinski definition) is 5. The molecule has 0 aliphatic carbocycles. The third kappa shape index (κ3) is 3.76. The zero-order chi connectivity index (χ0) is 17.9. The second-order valence-corrected chi connectivity index (χ2v) is 6.06. The predicted octanol–water partition coefficient (Wildman–Crippen LogP) is 0.968. The van der Waals surface area contributed by atoms with Crippen molar-refractivity contribution >= 4 is 22.8 Å². The molecule has 1 amide bonds. The molecule has 0 spiro atoms. The Balaban J connectivity index is 2.26. The Morgan fingerprint density at radius 1 is 1.25 bits per heavy atom. The van der Waals surface area contributed by atoms with Crippen LogP contribution in [-0.2, 0) is 9.59 Å². The number of nitrogens with one attached hydrogen (secondary N) is 1. The number of aliphatic carboxylic acids is 1. The van der Waals surface area contributed by atoms with Crippen LogP contribution >= 0.6 is 0 Å². The average molecular weight is 332 g/mol. The molecule has 0 saturated carbocycles. The SMILES string of the molecule is CC(C)C[C@H](NC(=O)[C@H](C)n1nnc2ccccc2c1=O)C(=O)O. The molecule has 2 rings (SSSR count). The minimum absolute atomic E-state index is 0.102. The first-order chi connectivity index (χ1) is 11.3. The van der Waals surface area contributed by atoms with Crippen molar-refractivity contribution in [3.05, 3.63) is 34.6 Å². The molecule has 24 heavy (non-hydrogen) atoms. The molecule has 8 nitrogen and oxygen atoms in total. The van der Waals surface area contributed by atoms with Crippen LogP contribution in [-0.4, -0.2) is 38.0 Å². The third-order valence-electron chi connectivity index (χ3n) is 3.66. The molecule has 2 N–H and O–H groups in total. The quantitative estimate of drug-likeness (QED) is 0.814. The first kappa shape index (κ1) is 17.6. The van der Waals surface area contributed by atoms with Gasteiger partial charge in [-0.1, -0.05) is 31.2 Å². The summed E-state index contributed by atoms with van der Waals surface area (Å²) in [5.74, 6) is -1.60. The van der Waals surface area contributed by atoms with Gasteiger partial charge in [-0.15, -0.1) is 5.10 Å². The maximum absolute atomic E-state index is 12.4. The fourth-order valence-corrected chi connectivity index (χ4v) is 2.35. The number of rotatable bonds is 6. The number of carbonyl (C=O) groups excluding carboxylic acids is 1. The number of carboxylic acids is 1. The van der Waals surface area contributed by atoms with Crippen LogP contribution in [0.25, 0.3) is 10.9 Å². The fraction of sp³-hybridized carbons (Fsp3) is 0.438. The Bertz CT molecular complexity index is 815. The van der Waals surface area contributed by atoms with Crippen molar-refractivity contribution in [1.82, 2.24) is 20.3 Å². The topological polar surface area (TPSA) is 114 Å². The van der Waals surface area contributed by atoms with E-state index in [1.807, 2.05) is 13.8 Å². The minimum atomic E-state index is -1.11. The van der Waals surface area contributed by atoms with Gasteiger partial charge in [-0.25, -0.2) is 4.79 Å². The summed E-state index contributed by atoms with van der Waals surface area (Å²) in [5.41, 5.74) is -0.00596. The van der Waals surface area contributed by atoms with Crippen LogP contribution in [0.5, 0.6) is 0 Å². The van der Waals surface area contributed by atoms with Crippen molar-refractivity contribution in [2.24, 2.45) is 5.92 Å². The number of hydrogen-bond donors (Lipinski definition) is 2. The summed E-state index contributed by atoms with van der Waals surface area (Å²) >= 11 is 0. The summed E-state index contributed by atoms with van der Waals surface area (Å²) in [6, 6.07) is 4.71. The summed E-state index contributed by atoms with van der Waals surface area (Å²) in [7, 11) is 0. The molecule has 128 valence electrons. The molecule has 0 bridgehead atoms. The first-order valence-corrected chi connectivity index (χ1v) is 7.68. The van der Waals surface area contributed by atoms with Crippen LogP contribution < -0.4 is 10.9 Å². The maximum atomic E-state index is 12.4. The number of fused-ring (bicyclic) bond motifs is 1. The lowest BCUT2D eigenvalue weighted by Crippen LogP contribution is -2.46. The molecule has 1 aromatic heterocycles. The summed E-state index contributed by atoms with van der Waals surface area (Å²) < 4.78 is 0.964. The number of nitrogens with zero attached hydrogens (tertiary/aromatic N) is 3. The van der Waals surface area contributed by atoms with Crippen molar-refractivity contribution in [3.63, 3.8) is 0 Å². The smallest absolute Gasteiger partial charge is 0.326 e. The van der Waals surface area contributed by atoms with E-state index in [9.17, 15) is 19.5 Å². The lowest BCUT2D eigenvalue weighted by molar-refractivity contribution is -0.142. The summed E-state index contributed by atoms with van der Waals surface area (Å²) in [4.78, 5) is 36.0. The van der Waals surface area contributed by atoms with Crippen molar-refractivity contribution < 1.29 is 14.7 Å². The number of carbonyl (C=O) groups is 2. The van der Waals surface area contributed by atoms with Gasteiger partial charge in [0, 0.05) is 0 Å². The largest absolute Gasteiger partial charge is 0.480 e. The summed E-state index contributed by atoms with van der Waals surface area (Å²) in [6.07, 6.45) is 0.298. The molecule has 0 saturated heterocycles. The van der Waals surface area contributed by atoms with Gasteiger partial charge in [0.2, 0.25) is 5.91 Å². The van der Waals surface area contributed by atoms with Crippen molar-refractivity contribution in [2.45, 2.75) is 39.3 Å². The second kappa shape index (κ2) is 7.20. The predicted molar refractivity (Wildman–Crippen MR) is 87.5 cm³/mol. The number of benzene rings is 1. The fourth-order valence-electron chi connectivity index (χ4n) is 2.35. The van der Waals surface area contributed by atoms with Crippen LogP contribution in [0, 0.1) is 5.92 Å². The van der Waals surface area contributed by atoms with E-state index in [-0.39, 0.29) is 5.92 Å². The Labute approximate surface area is 138 Å². The zero-order valence-electron chi connectivity index (χ0n) is 13.8. The monoisotopic (exact) mass is 332 g/mol. The Morgan fingerprint density at radius 3 is 2.54 bits per heavy atom. The van der Waals surface area contributed by atoms with Crippen LogP contribution in [0.3, 0.4) is 0 Å². The molecule has 1 aromatic carbocycles. The normalized spacial score (nSPS) is 13.7. The van der Waals surface area contributed by atoms with Gasteiger partial charge in [-0.3, -0.25) is 9.59 Å². The van der Waals surface area contributed by atoms with Gasteiger partial charge in [0.1, 0.15) is 17.6 Å². The standard InChI is InChI=1S/C16H20N4O4/c1-9(2)8-13(16(23)24)17-14(21)10(3)20-15(22)11-6-4-5-7-12(11)18-19-20/h4-7,9-10,13H,8H2,1-3H3,(H,17,21)(H,23,24)/t10-,13-/m0/s1. The molecule has 0 unspecified atom stereocenters. The molecule has 2 atom stereocenters. The van der Waals surface area contributed by atoms with Crippen molar-refractivity contribution in [3.8, 4) is 0 Å². The molecular formula is C16H20N4O4. The highest BCUT2D eigenvalue weighted by atomic mass is 16.4. The van der Waals surface area contributed by atoms with Gasteiger partial charge in [-0.05, 0) is 31.4 Å². The van der Waals surface area contributed by atoms with Gasteiger partial charge in [0.25, 0.3) is 5.56 Å². The van der Waals surface area contributed by atoms with Crippen molar-refractivity contribution in [2.75, 3.05) is 0 Å². The maximum Gasteiger partial charge on any atom is 0.326 e. The van der Waals surface area contributed by atoms with E-state index in [4.69, 9.17) is 0 Å². The van der Waals surface area contributed by atoms with Gasteiger partial charge in [-0.2, -0.15) is 4.68 Å². The van der Waals surface area contributed by atoms with Crippen LogP contribution in [0.4, 0.5) is 0 Å². The number of carboxylic acid groups (broad SMARTS) is 1. The molecule has 2 aromatic rings. The summed E-state index contributed by atoms with van der Waals surface area (Å²) in [6.45, 7) is 5.21. The molecule has 0 aliphatic heterocycles. The first-order valence-electron chi connectivity index (χ1n) is 7.68. The van der Waals surface area contributed by atoms with Gasteiger partial charge >= 0.3 is 5.97 Å². The average Bonchev–Trinajstić information content (AvgIpc) is 2.53. The highest BCUT2D eigenvalue weighted by Gasteiger charge is 2.26. The number of amides is 1. The Hall–Kier alpha value is -2.77. The van der Waals surface area contributed by atoms with E-state index in [0.717, 1.165) is 4.68 Å². The summed E-state index contributed by atoms with van der Waals surface area (Å²) in [5, 5.41) is 19.7. The minimum Gasteiger partial charge on any atom is -0.480 e. The number of aromatic nitrogens is 3. The van der Waals surface area contributed by atoms with Crippen LogP contribution in [0.15, 0.2) is 29.1 Å². The highest BCUT2D eigenvalue weighted by molar-refractivity contribution is 5.86. The third-order valence-corrected chi connectivity index (χ3v) is 3.66. The Morgan fingerprint density at radius 2 is 1.92 bits per heavy atom. The van der Waals surface area contributed by atoms with Crippen LogP contribution in [0.1, 0.15) is 33.2 Å². The van der Waals surface area contributed by atoms with Crippen molar-refractivity contribution in [1.29, 1.82) is 0 Å². The highest BCUT2D eigenvalue weighted by Crippen LogP contribution is 2.09. The van der Waals surface area contributed by atoms with E-state index < -0.39 is 29.5 Å². The molecule has 0 aliphatic rings. The lowest BCUT2D eigenvalue weighted by atomic mass is 10.0. The van der Waals surface area contributed by atoms with E-state index in [1.54, 1.807) is 24.3 Å². The van der Waals surface area contributed by atoms with Gasteiger partial charge in [0.15, 0.2) is 0 Å². The molecule has 1 heterocycles. The van der Waals surface area contributed by atoms with E-state index in [2.05, 4.69) is 15.6 Å². The Kier molecular flexibility index (Phi) is 5.28. The zero-order valence-corrected chi connectivity index (χ0v) is 13.8. The van der Waals surface area contributed by atoms with Gasteiger partial charge in [0.05, 0.1) is 5.39 Å². The lowest BCUT2D eigenvalue weighted by Gasteiger charge is -2.19. The molecule has 8 heteroatoms. The van der Waals surface area contributed by atoms with Crippen LogP contribution in [0.2, 0.25) is 0 Å². The van der Waals surface area contributed by atoms with E-state index in [0.29, 0.717) is 17.3 Å².